The fourth-order valence-corrected chi connectivity index (χ4v) is 4.69. The van der Waals surface area contributed by atoms with Crippen molar-refractivity contribution in [3.05, 3.63) is 53.6 Å². The number of hydrogen-bond acceptors (Lipinski definition) is 6. The van der Waals surface area contributed by atoms with E-state index in [4.69, 9.17) is 11.6 Å². The molecular weight excluding hydrogens is 461 g/mol. The van der Waals surface area contributed by atoms with Crippen LogP contribution in [0.3, 0.4) is 0 Å². The van der Waals surface area contributed by atoms with Crippen molar-refractivity contribution in [1.82, 2.24) is 10.9 Å². The summed E-state index contributed by atoms with van der Waals surface area (Å²) in [5.74, 6) is -2.13. The first-order chi connectivity index (χ1) is 14.4. The lowest BCUT2D eigenvalue weighted by atomic mass is 10.0. The second-order valence-corrected chi connectivity index (χ2v) is 8.98. The van der Waals surface area contributed by atoms with E-state index in [0.717, 1.165) is 12.1 Å². The molecule has 0 bridgehead atoms. The van der Waals surface area contributed by atoms with Crippen LogP contribution in [0.4, 0.5) is 24.5 Å². The molecule has 0 aromatic heterocycles. The molecule has 8 nitrogen and oxygen atoms in total. The molecule has 3 atom stereocenters. The van der Waals surface area contributed by atoms with Gasteiger partial charge in [-0.15, -0.1) is 13.2 Å². The molecule has 31 heavy (non-hydrogen) atoms. The maximum Gasteiger partial charge on any atom is 0.573 e. The minimum absolute atomic E-state index is 0.181. The number of carbonyl (C=O) groups is 1. The fraction of sp³-hybridized carbons (Fsp3) is 0.278. The van der Waals surface area contributed by atoms with Gasteiger partial charge in [-0.3, -0.25) is 14.9 Å². The summed E-state index contributed by atoms with van der Waals surface area (Å²) in [6.07, 6.45) is -4.83. The van der Waals surface area contributed by atoms with Crippen LogP contribution >= 0.6 is 11.6 Å². The molecule has 168 valence electrons. The van der Waals surface area contributed by atoms with Gasteiger partial charge >= 0.3 is 6.36 Å². The van der Waals surface area contributed by atoms with E-state index in [1.165, 1.54) is 36.4 Å². The van der Waals surface area contributed by atoms with Crippen LogP contribution in [0.25, 0.3) is 0 Å². The minimum atomic E-state index is -4.83. The molecule has 2 aromatic rings. The van der Waals surface area contributed by atoms with Gasteiger partial charge in [-0.2, -0.15) is 0 Å². The Hall–Kier alpha value is -2.54. The van der Waals surface area contributed by atoms with Crippen LogP contribution in [0, 0.1) is 5.92 Å². The molecule has 0 radical (unpaired) electrons. The fourth-order valence-electron chi connectivity index (χ4n) is 3.00. The van der Waals surface area contributed by atoms with Crippen LogP contribution in [-0.4, -0.2) is 32.1 Å². The average Bonchev–Trinajstić information content (AvgIpc) is 3.06. The number of amides is 1. The summed E-state index contributed by atoms with van der Waals surface area (Å²) in [5.41, 5.74) is 5.77. The zero-order valence-electron chi connectivity index (χ0n) is 15.9. The SMILES string of the molecule is CC1NNC(S(=O)(=O)Nc2ccc(Cl)cc2)C1C(=O)Nc1ccc(OC(F)(F)F)cc1. The van der Waals surface area contributed by atoms with Gasteiger partial charge in [0.1, 0.15) is 5.75 Å². The van der Waals surface area contributed by atoms with Gasteiger partial charge in [0.05, 0.1) is 5.92 Å². The van der Waals surface area contributed by atoms with E-state index >= 15 is 0 Å². The van der Waals surface area contributed by atoms with E-state index in [0.29, 0.717) is 5.02 Å². The van der Waals surface area contributed by atoms with Crippen LogP contribution in [0.5, 0.6) is 5.75 Å². The van der Waals surface area contributed by atoms with Gasteiger partial charge in [-0.05, 0) is 55.5 Å². The molecule has 0 aliphatic carbocycles. The number of rotatable bonds is 6. The van der Waals surface area contributed by atoms with Crippen LogP contribution in [0.15, 0.2) is 48.5 Å². The summed E-state index contributed by atoms with van der Waals surface area (Å²) in [4.78, 5) is 12.8. The molecule has 13 heteroatoms. The monoisotopic (exact) mass is 478 g/mol. The number of hydrazine groups is 1. The van der Waals surface area contributed by atoms with E-state index in [1.807, 2.05) is 0 Å². The Morgan fingerprint density at radius 1 is 1.03 bits per heavy atom. The van der Waals surface area contributed by atoms with Crippen LogP contribution in [0.2, 0.25) is 5.02 Å². The van der Waals surface area contributed by atoms with Gasteiger partial charge in [0.15, 0.2) is 5.37 Å². The third-order valence-electron chi connectivity index (χ3n) is 4.41. The Morgan fingerprint density at radius 3 is 2.19 bits per heavy atom. The smallest absolute Gasteiger partial charge is 0.406 e. The number of nitrogens with one attached hydrogen (secondary N) is 4. The molecule has 3 unspecified atom stereocenters. The first-order valence-corrected chi connectivity index (χ1v) is 10.8. The highest BCUT2D eigenvalue weighted by Gasteiger charge is 2.46. The van der Waals surface area contributed by atoms with Crippen molar-refractivity contribution in [3.8, 4) is 5.75 Å². The summed E-state index contributed by atoms with van der Waals surface area (Å²) in [5, 5.41) is 1.63. The molecule has 0 spiro atoms. The minimum Gasteiger partial charge on any atom is -0.406 e. The number of halogens is 4. The highest BCUT2D eigenvalue weighted by atomic mass is 35.5. The zero-order chi connectivity index (χ0) is 22.8. The maximum absolute atomic E-state index is 12.8. The van der Waals surface area contributed by atoms with Crippen LogP contribution in [-0.2, 0) is 14.8 Å². The Kier molecular flexibility index (Phi) is 6.65. The zero-order valence-corrected chi connectivity index (χ0v) is 17.5. The van der Waals surface area contributed by atoms with Crippen molar-refractivity contribution >= 4 is 38.9 Å². The first-order valence-electron chi connectivity index (χ1n) is 8.89. The quantitative estimate of drug-likeness (QED) is 0.508. The predicted molar refractivity (Wildman–Crippen MR) is 109 cm³/mol. The van der Waals surface area contributed by atoms with Crippen molar-refractivity contribution < 1.29 is 31.1 Å². The van der Waals surface area contributed by atoms with Crippen LogP contribution < -0.4 is 25.6 Å². The lowest BCUT2D eigenvalue weighted by molar-refractivity contribution is -0.274. The van der Waals surface area contributed by atoms with Gasteiger partial charge in [0, 0.05) is 22.4 Å². The molecule has 1 amide bonds. The number of alkyl halides is 3. The molecular formula is C18H18ClF3N4O4S. The second-order valence-electron chi connectivity index (χ2n) is 6.74. The molecule has 1 aliphatic heterocycles. The Bertz CT molecular complexity index is 1030. The Morgan fingerprint density at radius 2 is 1.61 bits per heavy atom. The summed E-state index contributed by atoms with van der Waals surface area (Å²) < 4.78 is 68.6. The first kappa shape index (κ1) is 23.1. The Balaban J connectivity index is 1.72. The van der Waals surface area contributed by atoms with E-state index < -0.39 is 45.4 Å². The number of carbonyl (C=O) groups excluding carboxylic acids is 1. The second kappa shape index (κ2) is 8.91. The molecule has 4 N–H and O–H groups in total. The van der Waals surface area contributed by atoms with Gasteiger partial charge in [0.25, 0.3) is 10.0 Å². The third kappa shape index (κ3) is 6.00. The normalized spacial score (nSPS) is 21.5. The van der Waals surface area contributed by atoms with E-state index in [2.05, 4.69) is 25.6 Å². The molecule has 2 aromatic carbocycles. The molecule has 1 aliphatic rings. The van der Waals surface area contributed by atoms with Crippen molar-refractivity contribution in [3.63, 3.8) is 0 Å². The number of sulfonamides is 1. The topological polar surface area (TPSA) is 109 Å². The highest BCUT2D eigenvalue weighted by Crippen LogP contribution is 2.26. The molecule has 1 saturated heterocycles. The van der Waals surface area contributed by atoms with E-state index in [-0.39, 0.29) is 11.4 Å². The van der Waals surface area contributed by atoms with Gasteiger partial charge in [-0.25, -0.2) is 13.8 Å². The molecule has 3 rings (SSSR count). The predicted octanol–water partition coefficient (Wildman–Crippen LogP) is 3.06. The van der Waals surface area contributed by atoms with Crippen LogP contribution in [0.1, 0.15) is 6.92 Å². The van der Waals surface area contributed by atoms with Crippen molar-refractivity contribution in [2.24, 2.45) is 5.92 Å². The highest BCUT2D eigenvalue weighted by molar-refractivity contribution is 7.93. The number of benzene rings is 2. The number of hydrogen-bond donors (Lipinski definition) is 4. The number of anilines is 2. The summed E-state index contributed by atoms with van der Waals surface area (Å²) in [6.45, 7) is 1.62. The Labute approximate surface area is 181 Å². The molecule has 1 fully saturated rings. The number of ether oxygens (including phenoxy) is 1. The van der Waals surface area contributed by atoms with Gasteiger partial charge in [0.2, 0.25) is 5.91 Å². The lowest BCUT2D eigenvalue weighted by Crippen LogP contribution is -2.45. The van der Waals surface area contributed by atoms with Crippen molar-refractivity contribution in [1.29, 1.82) is 0 Å². The summed E-state index contributed by atoms with van der Waals surface area (Å²) in [6, 6.07) is 9.93. The maximum atomic E-state index is 12.8. The standard InChI is InChI=1S/C18H18ClF3N4O4S/c1-10-15(16(27)23-12-6-8-14(9-7-12)30-18(20,21)22)17(25-24-10)31(28,29)26-13-4-2-11(19)3-5-13/h2-10,15,17,24-26H,1H3,(H,23,27). The third-order valence-corrected chi connectivity index (χ3v) is 6.27. The van der Waals surface area contributed by atoms with Gasteiger partial charge in [-0.1, -0.05) is 11.6 Å². The average molecular weight is 479 g/mol. The molecule has 1 heterocycles. The summed E-state index contributed by atoms with van der Waals surface area (Å²) >= 11 is 5.80. The summed E-state index contributed by atoms with van der Waals surface area (Å²) in [7, 11) is -4.04. The van der Waals surface area contributed by atoms with Crippen molar-refractivity contribution in [2.45, 2.75) is 24.7 Å². The largest absolute Gasteiger partial charge is 0.573 e. The van der Waals surface area contributed by atoms with E-state index in [9.17, 15) is 26.4 Å². The van der Waals surface area contributed by atoms with Crippen molar-refractivity contribution in [2.75, 3.05) is 10.0 Å². The lowest BCUT2D eigenvalue weighted by Gasteiger charge is -2.21. The van der Waals surface area contributed by atoms with E-state index in [1.54, 1.807) is 6.92 Å². The van der Waals surface area contributed by atoms with Gasteiger partial charge < -0.3 is 10.1 Å². The molecule has 0 saturated carbocycles.